The van der Waals surface area contributed by atoms with Gasteiger partial charge in [0, 0.05) is 74.1 Å². The Bertz CT molecular complexity index is 2850. The summed E-state index contributed by atoms with van der Waals surface area (Å²) in [6.45, 7) is 6.85. The fraction of sp³-hybridized carbons (Fsp3) is 0.358. The summed E-state index contributed by atoms with van der Waals surface area (Å²) >= 11 is 0. The molecule has 4 unspecified atom stereocenters. The van der Waals surface area contributed by atoms with E-state index < -0.39 is 29.6 Å². The average molecular weight is 847 g/mol. The van der Waals surface area contributed by atoms with Crippen molar-refractivity contribution < 1.29 is 28.6 Å². The van der Waals surface area contributed by atoms with Crippen LogP contribution in [0.5, 0.6) is 0 Å². The van der Waals surface area contributed by atoms with Crippen molar-refractivity contribution in [1.29, 1.82) is 0 Å². The zero-order valence-corrected chi connectivity index (χ0v) is 35.8. The highest BCUT2D eigenvalue weighted by atomic mass is 19.1. The number of hydrogen-bond acceptors (Lipinski definition) is 4. The molecule has 4 bridgehead atoms. The number of H-pyrrole nitrogens is 2. The van der Waals surface area contributed by atoms with Crippen LogP contribution in [0.25, 0.3) is 34.0 Å². The van der Waals surface area contributed by atoms with Crippen LogP contribution < -0.4 is 0 Å². The van der Waals surface area contributed by atoms with Crippen LogP contribution in [0.4, 0.5) is 8.78 Å². The number of para-hydroxylation sites is 2. The van der Waals surface area contributed by atoms with Gasteiger partial charge in [0.2, 0.25) is 0 Å². The summed E-state index contributed by atoms with van der Waals surface area (Å²) in [6.07, 6.45) is 14.0. The molecule has 8 nitrogen and oxygen atoms in total. The van der Waals surface area contributed by atoms with Crippen LogP contribution in [0.2, 0.25) is 0 Å². The Morgan fingerprint density at radius 3 is 1.62 bits per heavy atom. The third-order valence-corrected chi connectivity index (χ3v) is 15.6. The standard InChI is InChI=1S/C27H26F2N2O2.C26H26N2O2/c1-15-9-18-17-5-3-4-6-21(17)30-24(18)25(31(15)27-12-26(2,13-27)14-27)23-19(28)10-16(11-20(23)29)7-8-22(32)33;1-16-12-21-20-4-2-3-5-22(20)27-24(21)25(28(16)26-13-18(14-26)15-26)19-9-6-17(7-10-19)8-11-23(29)30/h3-8,10-11,15,25,30H,9,12-14H2,1-2H3,(H,32,33);2-11,16,18,25,27H,12-15H2,1H3,(H,29,30)/b8-7+;11-8+. The molecule has 4 atom stereocenters. The summed E-state index contributed by atoms with van der Waals surface area (Å²) in [5.41, 5.74) is 10.1. The van der Waals surface area contributed by atoms with Gasteiger partial charge in [0.05, 0.1) is 12.1 Å². The molecule has 0 saturated heterocycles. The van der Waals surface area contributed by atoms with Crippen molar-refractivity contribution in [2.24, 2.45) is 11.3 Å². The summed E-state index contributed by atoms with van der Waals surface area (Å²) in [5, 5.41) is 20.2. The summed E-state index contributed by atoms with van der Waals surface area (Å²) in [6, 6.07) is 27.9. The van der Waals surface area contributed by atoms with E-state index in [1.165, 1.54) is 71.3 Å². The number of halogens is 2. The van der Waals surface area contributed by atoms with Crippen molar-refractivity contribution in [2.75, 3.05) is 0 Å². The molecule has 10 heteroatoms. The maximum absolute atomic E-state index is 15.6. The molecule has 6 saturated carbocycles. The number of aromatic amines is 2. The molecule has 2 aliphatic heterocycles. The number of benzene rings is 4. The second-order valence-electron chi connectivity index (χ2n) is 20.0. The van der Waals surface area contributed by atoms with Crippen molar-refractivity contribution in [3.05, 3.63) is 153 Å². The Morgan fingerprint density at radius 2 is 1.14 bits per heavy atom. The van der Waals surface area contributed by atoms with E-state index in [2.05, 4.69) is 83.0 Å². The van der Waals surface area contributed by atoms with Gasteiger partial charge in [-0.3, -0.25) is 9.80 Å². The molecule has 322 valence electrons. The lowest BCUT2D eigenvalue weighted by molar-refractivity contribution is -0.232. The number of aliphatic carboxylic acids is 2. The monoisotopic (exact) mass is 846 g/mol. The number of hydrogen-bond donors (Lipinski definition) is 4. The minimum atomic E-state index is -1.16. The molecule has 6 aliphatic carbocycles. The lowest BCUT2D eigenvalue weighted by Crippen LogP contribution is -2.76. The molecular weight excluding hydrogens is 795 g/mol. The molecular formula is C53H52F2N4O4. The molecule has 6 aromatic rings. The first-order chi connectivity index (χ1) is 30.2. The average Bonchev–Trinajstić information content (AvgIpc) is 3.75. The smallest absolute Gasteiger partial charge is 0.328 e. The Hall–Kier alpha value is -5.84. The van der Waals surface area contributed by atoms with Crippen molar-refractivity contribution in [3.63, 3.8) is 0 Å². The van der Waals surface area contributed by atoms with Gasteiger partial charge < -0.3 is 20.2 Å². The molecule has 0 spiro atoms. The van der Waals surface area contributed by atoms with Gasteiger partial charge in [-0.25, -0.2) is 18.4 Å². The number of nitrogens with zero attached hydrogens (tertiary/aromatic N) is 2. The molecule has 0 radical (unpaired) electrons. The molecule has 8 aliphatic rings. The first-order valence-corrected chi connectivity index (χ1v) is 22.4. The fourth-order valence-electron chi connectivity index (χ4n) is 13.4. The van der Waals surface area contributed by atoms with E-state index in [0.717, 1.165) is 71.8 Å². The lowest BCUT2D eigenvalue weighted by atomic mass is 9.39. The van der Waals surface area contributed by atoms with Gasteiger partial charge in [0.1, 0.15) is 11.6 Å². The highest BCUT2D eigenvalue weighted by Crippen LogP contribution is 2.72. The first kappa shape index (κ1) is 40.0. The lowest BCUT2D eigenvalue weighted by Gasteiger charge is -2.75. The second kappa shape index (κ2) is 14.3. The third-order valence-electron chi connectivity index (χ3n) is 15.6. The largest absolute Gasteiger partial charge is 0.478 e. The van der Waals surface area contributed by atoms with E-state index in [-0.39, 0.29) is 28.7 Å². The predicted octanol–water partition coefficient (Wildman–Crippen LogP) is 11.0. The summed E-state index contributed by atoms with van der Waals surface area (Å²) in [4.78, 5) is 34.1. The number of nitrogens with one attached hydrogen (secondary N) is 2. The Labute approximate surface area is 365 Å². The van der Waals surface area contributed by atoms with Gasteiger partial charge in [-0.2, -0.15) is 0 Å². The molecule has 63 heavy (non-hydrogen) atoms. The number of carboxylic acid groups (broad SMARTS) is 2. The summed E-state index contributed by atoms with van der Waals surface area (Å²) < 4.78 is 31.2. The second-order valence-corrected chi connectivity index (χ2v) is 20.0. The van der Waals surface area contributed by atoms with Gasteiger partial charge in [-0.15, -0.1) is 0 Å². The maximum Gasteiger partial charge on any atom is 0.328 e. The first-order valence-electron chi connectivity index (χ1n) is 22.4. The van der Waals surface area contributed by atoms with Gasteiger partial charge in [0.25, 0.3) is 0 Å². The molecule has 14 rings (SSSR count). The van der Waals surface area contributed by atoms with Gasteiger partial charge in [-0.1, -0.05) is 67.6 Å². The fourth-order valence-corrected chi connectivity index (χ4v) is 13.4. The molecule has 0 amide bonds. The zero-order chi connectivity index (χ0) is 43.6. The van der Waals surface area contributed by atoms with Crippen LogP contribution in [-0.2, 0) is 22.4 Å². The molecule has 2 aromatic heterocycles. The van der Waals surface area contributed by atoms with E-state index >= 15 is 8.78 Å². The summed E-state index contributed by atoms with van der Waals surface area (Å²) in [5.74, 6) is -2.44. The molecule has 6 fully saturated rings. The van der Waals surface area contributed by atoms with Crippen LogP contribution in [0.3, 0.4) is 0 Å². The molecule has 4 heterocycles. The van der Waals surface area contributed by atoms with Gasteiger partial charge >= 0.3 is 11.9 Å². The van der Waals surface area contributed by atoms with Crippen LogP contribution in [0.15, 0.2) is 97.1 Å². The van der Waals surface area contributed by atoms with Gasteiger partial charge in [0.15, 0.2) is 0 Å². The Morgan fingerprint density at radius 1 is 0.667 bits per heavy atom. The van der Waals surface area contributed by atoms with E-state index in [1.807, 2.05) is 30.3 Å². The van der Waals surface area contributed by atoms with E-state index in [4.69, 9.17) is 10.2 Å². The van der Waals surface area contributed by atoms with Crippen molar-refractivity contribution in [2.45, 2.75) is 107 Å². The van der Waals surface area contributed by atoms with Crippen LogP contribution in [0.1, 0.15) is 116 Å². The number of fused-ring (bicyclic) bond motifs is 6. The van der Waals surface area contributed by atoms with Crippen LogP contribution >= 0.6 is 0 Å². The van der Waals surface area contributed by atoms with Crippen LogP contribution in [0, 0.1) is 23.0 Å². The number of aromatic nitrogens is 2. The van der Waals surface area contributed by atoms with Crippen molar-refractivity contribution in [3.8, 4) is 0 Å². The number of carbonyl (C=O) groups is 2. The van der Waals surface area contributed by atoms with Crippen molar-refractivity contribution >= 4 is 45.9 Å². The van der Waals surface area contributed by atoms with E-state index in [1.54, 1.807) is 6.08 Å². The van der Waals surface area contributed by atoms with E-state index in [9.17, 15) is 9.59 Å². The highest BCUT2D eigenvalue weighted by Gasteiger charge is 2.70. The van der Waals surface area contributed by atoms with Crippen LogP contribution in [-0.4, -0.2) is 65.1 Å². The minimum Gasteiger partial charge on any atom is -0.478 e. The molecule has 4 N–H and O–H groups in total. The minimum absolute atomic E-state index is 0.0193. The quantitative estimate of drug-likeness (QED) is 0.114. The molecule has 4 aromatic carbocycles. The Balaban J connectivity index is 0.000000142. The maximum atomic E-state index is 15.6. The zero-order valence-electron chi connectivity index (χ0n) is 35.8. The number of rotatable bonds is 8. The normalized spacial score (nSPS) is 30.5. The predicted molar refractivity (Wildman–Crippen MR) is 241 cm³/mol. The Kier molecular flexibility index (Phi) is 9.10. The number of carboxylic acids is 2. The highest BCUT2D eigenvalue weighted by molar-refractivity contribution is 5.87. The van der Waals surface area contributed by atoms with Gasteiger partial charge in [-0.05, 0) is 141 Å². The topological polar surface area (TPSA) is 113 Å². The van der Waals surface area contributed by atoms with E-state index in [0.29, 0.717) is 17.0 Å². The third kappa shape index (κ3) is 6.34. The SMILES string of the molecule is CC1Cc2c([nH]c3ccccc23)C(c2c(F)cc(/C=C/C(=O)O)cc2F)N1C12CC(C)(C1)C2.CC1Cc2c([nH]c3ccccc23)C(c2ccc(/C=C/C(=O)O)cc2)N1C12CC(C1)C2. The van der Waals surface area contributed by atoms with Crippen molar-refractivity contribution in [1.82, 2.24) is 19.8 Å². The summed E-state index contributed by atoms with van der Waals surface area (Å²) in [7, 11) is 0.